The SMILES string of the molecule is c1ccc2c(c1)-c1ccccc1C21c2cc(N(c3cccc4ccccc34)c3cccc4ccccc34)ccc2-c2oc3ccccc3c21. The van der Waals surface area contributed by atoms with Crippen LogP contribution >= 0.6 is 0 Å². The normalized spacial score (nSPS) is 13.5. The molecule has 1 heterocycles. The van der Waals surface area contributed by atoms with Gasteiger partial charge in [0.1, 0.15) is 11.3 Å². The Morgan fingerprint density at radius 1 is 0.408 bits per heavy atom. The van der Waals surface area contributed by atoms with Crippen molar-refractivity contribution >= 4 is 49.6 Å². The van der Waals surface area contributed by atoms with Crippen molar-refractivity contribution in [2.75, 3.05) is 4.90 Å². The van der Waals surface area contributed by atoms with Gasteiger partial charge >= 0.3 is 0 Å². The third-order valence-electron chi connectivity index (χ3n) is 10.8. The molecule has 49 heavy (non-hydrogen) atoms. The molecule has 0 amide bonds. The second-order valence-corrected chi connectivity index (χ2v) is 13.2. The van der Waals surface area contributed by atoms with Gasteiger partial charge in [0.25, 0.3) is 0 Å². The Labute approximate surface area is 284 Å². The molecular formula is C47H29NO. The van der Waals surface area contributed by atoms with E-state index in [2.05, 4.69) is 181 Å². The lowest BCUT2D eigenvalue weighted by Gasteiger charge is -2.32. The van der Waals surface area contributed by atoms with Gasteiger partial charge in [0, 0.05) is 33.0 Å². The maximum atomic E-state index is 6.83. The average Bonchev–Trinajstić information content (AvgIpc) is 3.79. The van der Waals surface area contributed by atoms with Crippen LogP contribution in [0.15, 0.2) is 180 Å². The summed E-state index contributed by atoms with van der Waals surface area (Å²) in [6.07, 6.45) is 0. The van der Waals surface area contributed by atoms with Crippen LogP contribution in [-0.2, 0) is 5.41 Å². The van der Waals surface area contributed by atoms with Crippen molar-refractivity contribution in [1.82, 2.24) is 0 Å². The highest BCUT2D eigenvalue weighted by atomic mass is 16.3. The predicted molar refractivity (Wildman–Crippen MR) is 202 cm³/mol. The predicted octanol–water partition coefficient (Wildman–Crippen LogP) is 12.6. The highest BCUT2D eigenvalue weighted by molar-refractivity contribution is 6.06. The smallest absolute Gasteiger partial charge is 0.140 e. The molecule has 2 aliphatic rings. The van der Waals surface area contributed by atoms with E-state index in [1.54, 1.807) is 0 Å². The number of fused-ring (bicyclic) bond motifs is 14. The molecule has 0 aliphatic heterocycles. The van der Waals surface area contributed by atoms with Gasteiger partial charge in [-0.05, 0) is 75.0 Å². The summed E-state index contributed by atoms with van der Waals surface area (Å²) in [4.78, 5) is 2.46. The fourth-order valence-corrected chi connectivity index (χ4v) is 8.93. The van der Waals surface area contributed by atoms with Gasteiger partial charge in [-0.1, -0.05) is 140 Å². The third kappa shape index (κ3) is 3.45. The number of furan rings is 1. The zero-order valence-electron chi connectivity index (χ0n) is 26.6. The van der Waals surface area contributed by atoms with Gasteiger partial charge in [-0.3, -0.25) is 0 Å². The minimum Gasteiger partial charge on any atom is -0.456 e. The summed E-state index contributed by atoms with van der Waals surface area (Å²) >= 11 is 0. The number of anilines is 3. The van der Waals surface area contributed by atoms with Crippen molar-refractivity contribution < 1.29 is 4.42 Å². The van der Waals surface area contributed by atoms with Crippen LogP contribution < -0.4 is 4.90 Å². The van der Waals surface area contributed by atoms with Gasteiger partial charge in [-0.15, -0.1) is 0 Å². The van der Waals surface area contributed by atoms with Gasteiger partial charge in [-0.2, -0.15) is 0 Å². The highest BCUT2D eigenvalue weighted by Crippen LogP contribution is 2.65. The number of hydrogen-bond acceptors (Lipinski definition) is 2. The molecule has 8 aromatic carbocycles. The first-order valence-electron chi connectivity index (χ1n) is 16.9. The van der Waals surface area contributed by atoms with Crippen LogP contribution in [0.5, 0.6) is 0 Å². The molecule has 11 rings (SSSR count). The lowest BCUT2D eigenvalue weighted by Crippen LogP contribution is -2.26. The standard InChI is InChI=1S/C47H29NO/c1-3-17-33-30(13-1)15-11-24-42(33)48(43-25-12-16-31-14-2-4-18-34(31)43)32-27-28-37-41(29-32)47(45-38-21-7-10-26-44(38)49-46(37)45)39-22-8-5-19-35(39)36-20-6-9-23-40(36)47/h1-29H. The number of para-hydroxylation sites is 1. The van der Waals surface area contributed by atoms with Crippen LogP contribution in [0.25, 0.3) is 55.0 Å². The Hall–Kier alpha value is -6.38. The molecular weight excluding hydrogens is 595 g/mol. The quantitative estimate of drug-likeness (QED) is 0.195. The van der Waals surface area contributed by atoms with Crippen LogP contribution in [0.1, 0.15) is 22.3 Å². The molecule has 2 aliphatic carbocycles. The summed E-state index contributed by atoms with van der Waals surface area (Å²) in [5.74, 6) is 0.969. The van der Waals surface area contributed by atoms with E-state index in [-0.39, 0.29) is 0 Å². The van der Waals surface area contributed by atoms with Crippen LogP contribution in [0, 0.1) is 0 Å². The van der Waals surface area contributed by atoms with Crippen molar-refractivity contribution in [2.45, 2.75) is 5.41 Å². The second kappa shape index (κ2) is 9.82. The van der Waals surface area contributed by atoms with E-state index in [0.29, 0.717) is 0 Å². The third-order valence-corrected chi connectivity index (χ3v) is 10.8. The molecule has 0 saturated carbocycles. The molecule has 9 aromatic rings. The fraction of sp³-hybridized carbons (Fsp3) is 0.0213. The molecule has 2 heteroatoms. The van der Waals surface area contributed by atoms with Crippen molar-refractivity contribution in [2.24, 2.45) is 0 Å². The van der Waals surface area contributed by atoms with E-state index >= 15 is 0 Å². The van der Waals surface area contributed by atoms with Crippen LogP contribution in [0.4, 0.5) is 17.1 Å². The van der Waals surface area contributed by atoms with Gasteiger partial charge in [0.2, 0.25) is 0 Å². The summed E-state index contributed by atoms with van der Waals surface area (Å²) in [7, 11) is 0. The first-order valence-corrected chi connectivity index (χ1v) is 16.9. The van der Waals surface area contributed by atoms with Crippen LogP contribution in [0.2, 0.25) is 0 Å². The molecule has 228 valence electrons. The Morgan fingerprint density at radius 3 is 1.59 bits per heavy atom. The maximum Gasteiger partial charge on any atom is 0.140 e. The molecule has 0 radical (unpaired) electrons. The van der Waals surface area contributed by atoms with E-state index in [0.717, 1.165) is 34.0 Å². The Bertz CT molecular complexity index is 2670. The second-order valence-electron chi connectivity index (χ2n) is 13.2. The summed E-state index contributed by atoms with van der Waals surface area (Å²) < 4.78 is 6.83. The first-order chi connectivity index (χ1) is 24.3. The monoisotopic (exact) mass is 623 g/mol. The molecule has 0 N–H and O–H groups in total. The number of hydrogen-bond donors (Lipinski definition) is 0. The zero-order chi connectivity index (χ0) is 32.1. The maximum absolute atomic E-state index is 6.83. The van der Waals surface area contributed by atoms with Crippen LogP contribution in [-0.4, -0.2) is 0 Å². The van der Waals surface area contributed by atoms with Gasteiger partial charge < -0.3 is 9.32 Å². The summed E-state index contributed by atoms with van der Waals surface area (Å²) in [5, 5.41) is 6.02. The van der Waals surface area contributed by atoms with Gasteiger partial charge in [-0.25, -0.2) is 0 Å². The number of benzene rings is 8. The topological polar surface area (TPSA) is 16.4 Å². The molecule has 0 fully saturated rings. The van der Waals surface area contributed by atoms with Crippen LogP contribution in [0.3, 0.4) is 0 Å². The number of rotatable bonds is 3. The minimum absolute atomic E-state index is 0.524. The van der Waals surface area contributed by atoms with Crippen molar-refractivity contribution in [3.8, 4) is 22.5 Å². The minimum atomic E-state index is -0.524. The van der Waals surface area contributed by atoms with E-state index < -0.39 is 5.41 Å². The van der Waals surface area contributed by atoms with E-state index in [9.17, 15) is 0 Å². The largest absolute Gasteiger partial charge is 0.456 e. The molecule has 1 spiro atoms. The molecule has 0 atom stereocenters. The highest BCUT2D eigenvalue weighted by Gasteiger charge is 2.54. The van der Waals surface area contributed by atoms with Crippen molar-refractivity contribution in [3.63, 3.8) is 0 Å². The summed E-state index contributed by atoms with van der Waals surface area (Å²) in [6, 6.07) is 64.2. The fourth-order valence-electron chi connectivity index (χ4n) is 8.93. The molecule has 1 aromatic heterocycles. The number of nitrogens with zero attached hydrogens (tertiary/aromatic N) is 1. The van der Waals surface area contributed by atoms with E-state index in [1.165, 1.54) is 60.3 Å². The lowest BCUT2D eigenvalue weighted by molar-refractivity contribution is 0.628. The Balaban J connectivity index is 1.27. The first kappa shape index (κ1) is 26.7. The van der Waals surface area contributed by atoms with E-state index in [4.69, 9.17) is 4.42 Å². The molecule has 0 bridgehead atoms. The average molecular weight is 624 g/mol. The lowest BCUT2D eigenvalue weighted by atomic mass is 9.70. The summed E-state index contributed by atoms with van der Waals surface area (Å²) in [6.45, 7) is 0. The van der Waals surface area contributed by atoms with Gasteiger partial charge in [0.05, 0.1) is 16.8 Å². The van der Waals surface area contributed by atoms with Crippen molar-refractivity contribution in [3.05, 3.63) is 198 Å². The molecule has 0 saturated heterocycles. The van der Waals surface area contributed by atoms with Gasteiger partial charge in [0.15, 0.2) is 0 Å². The molecule has 0 unspecified atom stereocenters. The summed E-state index contributed by atoms with van der Waals surface area (Å²) in [5.41, 5.74) is 12.6. The van der Waals surface area contributed by atoms with E-state index in [1.807, 2.05) is 0 Å². The Kier molecular flexibility index (Phi) is 5.34. The molecule has 2 nitrogen and oxygen atoms in total. The zero-order valence-corrected chi connectivity index (χ0v) is 26.6. The Morgan fingerprint density at radius 2 is 0.939 bits per heavy atom. The van der Waals surface area contributed by atoms with Crippen molar-refractivity contribution in [1.29, 1.82) is 0 Å².